The highest BCUT2D eigenvalue weighted by Crippen LogP contribution is 2.23. The Morgan fingerprint density at radius 1 is 0.703 bits per heavy atom. The van der Waals surface area contributed by atoms with Crippen molar-refractivity contribution in [2.24, 2.45) is 17.6 Å². The molecule has 0 bridgehead atoms. The smallest absolute Gasteiger partial charge is 0.490 e. The summed E-state index contributed by atoms with van der Waals surface area (Å²) in [6, 6.07) is 1.93. The van der Waals surface area contributed by atoms with Gasteiger partial charge in [-0.05, 0) is 99.6 Å². The number of hydrogen-bond donors (Lipinski definition) is 15. The molecule has 6 rings (SSSR count). The van der Waals surface area contributed by atoms with Crippen LogP contribution in [-0.2, 0) is 72.0 Å². The molecule has 2 fully saturated rings. The number of carbonyl (C=O) groups excluding carboxylic acids is 10. The number of phenolic OH excluding ortho intramolecular Hbond substituents is 1. The van der Waals surface area contributed by atoms with Crippen LogP contribution in [-0.4, -0.2) is 187 Å². The zero-order valence-electron chi connectivity index (χ0n) is 51.2. The number of aliphatic carboxylic acids is 1. The summed E-state index contributed by atoms with van der Waals surface area (Å²) in [6.45, 7) is 9.10. The predicted octanol–water partition coefficient (Wildman–Crippen LogP) is -0.120. The number of para-hydroxylation sites is 1. The van der Waals surface area contributed by atoms with Crippen LogP contribution in [0.2, 0.25) is 0 Å². The van der Waals surface area contributed by atoms with E-state index in [1.807, 2.05) is 33.8 Å². The van der Waals surface area contributed by atoms with Gasteiger partial charge in [-0.1, -0.05) is 58.0 Å². The number of carboxylic acids is 1. The van der Waals surface area contributed by atoms with Crippen molar-refractivity contribution < 1.29 is 81.2 Å². The number of aliphatic hydroxyl groups excluding tert-OH is 1. The molecular formula is C60H83F3N14O14. The number of H-pyrrole nitrogens is 2. The number of nitrogens with two attached hydrogens (primary N) is 1. The summed E-state index contributed by atoms with van der Waals surface area (Å²) in [4.78, 5) is 159. The fourth-order valence-corrected chi connectivity index (χ4v) is 10.3. The Labute approximate surface area is 522 Å². The monoisotopic (exact) mass is 1280 g/mol. The molecule has 0 aliphatic carbocycles. The fourth-order valence-electron chi connectivity index (χ4n) is 10.3. The van der Waals surface area contributed by atoms with Gasteiger partial charge < -0.3 is 83.8 Å². The van der Waals surface area contributed by atoms with Gasteiger partial charge in [0.1, 0.15) is 60.1 Å². The summed E-state index contributed by atoms with van der Waals surface area (Å²) in [5.74, 6) is -9.89. The average molecular weight is 1280 g/mol. The topological polar surface area (TPSA) is 430 Å². The second-order valence-corrected chi connectivity index (χ2v) is 23.1. The van der Waals surface area contributed by atoms with Crippen molar-refractivity contribution in [3.8, 4) is 5.75 Å². The number of rotatable bonds is 31. The minimum Gasteiger partial charge on any atom is -0.508 e. The van der Waals surface area contributed by atoms with Gasteiger partial charge in [0.25, 0.3) is 0 Å². The van der Waals surface area contributed by atoms with Gasteiger partial charge in [-0.15, -0.1) is 0 Å². The lowest BCUT2D eigenvalue weighted by atomic mass is 9.98. The lowest BCUT2D eigenvalue weighted by Gasteiger charge is -2.31. The lowest BCUT2D eigenvalue weighted by molar-refractivity contribution is -0.192. The number of halogens is 3. The van der Waals surface area contributed by atoms with Crippen LogP contribution in [0.1, 0.15) is 103 Å². The molecule has 2 aliphatic heterocycles. The molecule has 0 spiro atoms. The second-order valence-electron chi connectivity index (χ2n) is 23.1. The first-order valence-electron chi connectivity index (χ1n) is 30.0. The molecule has 10 amide bonds. The first kappa shape index (κ1) is 72.6. The number of phenols is 1. The van der Waals surface area contributed by atoms with E-state index in [0.29, 0.717) is 60.1 Å². The van der Waals surface area contributed by atoms with E-state index in [9.17, 15) is 71.3 Å². The molecule has 2 saturated heterocycles. The molecule has 2 aliphatic rings. The highest BCUT2D eigenvalue weighted by atomic mass is 19.4. The molecule has 4 aromatic rings. The number of aromatic nitrogens is 3. The number of fused-ring (bicyclic) bond motifs is 1. The Morgan fingerprint density at radius 3 is 1.77 bits per heavy atom. The van der Waals surface area contributed by atoms with Gasteiger partial charge in [0.05, 0.1) is 12.9 Å². The number of carbonyl (C=O) groups is 11. The van der Waals surface area contributed by atoms with E-state index >= 15 is 0 Å². The van der Waals surface area contributed by atoms with Crippen molar-refractivity contribution >= 4 is 75.9 Å². The zero-order valence-corrected chi connectivity index (χ0v) is 51.2. The third-order valence-corrected chi connectivity index (χ3v) is 14.9. The minimum atomic E-state index is -5.08. The van der Waals surface area contributed by atoms with E-state index in [1.54, 1.807) is 31.3 Å². The Balaban J connectivity index is 0.00000202. The van der Waals surface area contributed by atoms with Crippen molar-refractivity contribution in [2.45, 2.75) is 166 Å². The number of likely N-dealkylation sites (tertiary alicyclic amines) is 1. The molecule has 31 heteroatoms. The molecule has 0 saturated carbocycles. The molecule has 9 atom stereocenters. The summed E-state index contributed by atoms with van der Waals surface area (Å²) in [5, 5.41) is 52.9. The summed E-state index contributed by atoms with van der Waals surface area (Å²) >= 11 is 0. The maximum absolute atomic E-state index is 14.9. The number of aliphatic hydroxyl groups is 1. The number of imidazole rings is 1. The number of amides is 10. The maximum Gasteiger partial charge on any atom is 0.490 e. The Kier molecular flexibility index (Phi) is 27.7. The highest BCUT2D eigenvalue weighted by Gasteiger charge is 2.41. The number of nitrogens with one attached hydrogen (secondary N) is 11. The number of benzene rings is 2. The van der Waals surface area contributed by atoms with E-state index in [-0.39, 0.29) is 87.3 Å². The van der Waals surface area contributed by atoms with Gasteiger partial charge in [0.2, 0.25) is 59.1 Å². The Bertz CT molecular complexity index is 3140. The van der Waals surface area contributed by atoms with Crippen molar-refractivity contribution in [3.05, 3.63) is 84.1 Å². The summed E-state index contributed by atoms with van der Waals surface area (Å²) in [5.41, 5.74) is 8.05. The third-order valence-electron chi connectivity index (χ3n) is 14.9. The molecule has 2 aromatic carbocycles. The van der Waals surface area contributed by atoms with Gasteiger partial charge in [-0.2, -0.15) is 13.2 Å². The summed E-state index contributed by atoms with van der Waals surface area (Å²) in [6.07, 6.45) is 0.982. The van der Waals surface area contributed by atoms with E-state index in [0.717, 1.165) is 0 Å². The molecule has 28 nitrogen and oxygen atoms in total. The molecule has 0 radical (unpaired) electrons. The normalized spacial score (nSPS) is 17.0. The van der Waals surface area contributed by atoms with Gasteiger partial charge >= 0.3 is 12.1 Å². The van der Waals surface area contributed by atoms with Crippen molar-refractivity contribution in [2.75, 3.05) is 26.2 Å². The number of aromatic hydroxyl groups is 1. The number of alkyl halides is 3. The molecular weight excluding hydrogens is 1200 g/mol. The van der Waals surface area contributed by atoms with Crippen molar-refractivity contribution in [3.63, 3.8) is 0 Å². The van der Waals surface area contributed by atoms with Crippen molar-refractivity contribution in [1.29, 1.82) is 0 Å². The van der Waals surface area contributed by atoms with Crippen LogP contribution in [0.15, 0.2) is 67.3 Å². The second kappa shape index (κ2) is 34.7. The lowest BCUT2D eigenvalue weighted by Crippen LogP contribution is -2.61. The van der Waals surface area contributed by atoms with Crippen LogP contribution >= 0.6 is 0 Å². The molecule has 2 aromatic heterocycles. The van der Waals surface area contributed by atoms with E-state index in [4.69, 9.17) is 15.6 Å². The Hall–Kier alpha value is -9.13. The third kappa shape index (κ3) is 22.4. The number of hydrogen-bond acceptors (Lipinski definition) is 15. The molecule has 498 valence electrons. The number of nitrogens with zero attached hydrogens (tertiary/aromatic N) is 2. The quantitative estimate of drug-likeness (QED) is 0.0312. The van der Waals surface area contributed by atoms with Gasteiger partial charge in [0, 0.05) is 67.8 Å². The first-order valence-corrected chi connectivity index (χ1v) is 30.0. The standard InChI is InChI=1S/C58H82N14O12.C2HF3O2/c1-6-61-57(83)48-14-10-22-72(48)58(84)41(13-9-21-59)65-51(77)42(23-32(2)3)66-52(78)43(24-33(4)5)67-53(79)44(25-34-15-17-37(74)18-16-34)68-54(80)45(26-35-28-62-39-12-8-7-11-38(35)39)69-56(82)47(30-73)71-55(81)46(27-36-29-60-31-63-36)70-50(76)40-19-20-49(75)64-40;3-2(4,5)1(6)7/h7-8,11-12,15-18,28-29,31-33,40-48,62,73-74H,6,9-10,13-14,19-27,30,59H2,1-5H3,(H,60,63)(H,61,83)(H,64,75)(H,65,77)(H,66,78)(H,67,79)(H,68,80)(H,69,82)(H,70,76)(H,71,81);(H,6,7). The molecule has 91 heavy (non-hydrogen) atoms. The van der Waals surface area contributed by atoms with Crippen molar-refractivity contribution in [1.82, 2.24) is 67.7 Å². The van der Waals surface area contributed by atoms with Crippen LogP contribution in [0.4, 0.5) is 13.2 Å². The number of aromatic amines is 2. The van der Waals surface area contributed by atoms with E-state index in [2.05, 4.69) is 62.8 Å². The SMILES string of the molecule is CCNC(=O)C1CCCN1C(=O)C(CCCN)NC(=O)C(CC(C)C)NC(=O)C(CC(C)C)NC(=O)C(Cc1ccc(O)cc1)NC(=O)C(Cc1c[nH]c2ccccc12)NC(=O)C(CO)NC(=O)C(Cc1cnc[nH]1)NC(=O)C1CCC(=O)N1.O=C(O)C(F)(F)F. The van der Waals surface area contributed by atoms with Gasteiger partial charge in [0.15, 0.2) is 0 Å². The highest BCUT2D eigenvalue weighted by molar-refractivity contribution is 5.99. The zero-order chi connectivity index (χ0) is 67.1. The van der Waals surface area contributed by atoms with E-state index < -0.39 is 120 Å². The van der Waals surface area contributed by atoms with Crippen LogP contribution in [0.25, 0.3) is 10.9 Å². The molecule has 9 unspecified atom stereocenters. The Morgan fingerprint density at radius 2 is 1.24 bits per heavy atom. The average Bonchev–Trinajstić information content (AvgIpc) is 2.22. The van der Waals surface area contributed by atoms with Crippen LogP contribution in [0.3, 0.4) is 0 Å². The first-order chi connectivity index (χ1) is 43.1. The predicted molar refractivity (Wildman–Crippen MR) is 322 cm³/mol. The van der Waals surface area contributed by atoms with E-state index in [1.165, 1.54) is 41.7 Å². The summed E-state index contributed by atoms with van der Waals surface area (Å²) < 4.78 is 31.7. The maximum atomic E-state index is 14.9. The van der Waals surface area contributed by atoms with Crippen LogP contribution in [0, 0.1) is 11.8 Å². The fraction of sp³-hybridized carbons (Fsp3) is 0.533. The largest absolute Gasteiger partial charge is 0.508 e. The summed E-state index contributed by atoms with van der Waals surface area (Å²) in [7, 11) is 0. The van der Waals surface area contributed by atoms with Crippen LogP contribution in [0.5, 0.6) is 5.75 Å². The van der Waals surface area contributed by atoms with Gasteiger partial charge in [-0.3, -0.25) is 47.9 Å². The number of likely N-dealkylation sites (N-methyl/N-ethyl adjacent to an activating group) is 1. The van der Waals surface area contributed by atoms with Gasteiger partial charge in [-0.25, -0.2) is 9.78 Å². The molecule has 4 heterocycles. The number of carboxylic acid groups (broad SMARTS) is 1. The molecule has 16 N–H and O–H groups in total. The van der Waals surface area contributed by atoms with Crippen LogP contribution < -0.4 is 53.6 Å². The minimum absolute atomic E-state index is 0.0678.